The molecule has 18 heavy (non-hydrogen) atoms. The van der Waals surface area contributed by atoms with E-state index < -0.39 is 0 Å². The Labute approximate surface area is 116 Å². The van der Waals surface area contributed by atoms with Gasteiger partial charge in [0.15, 0.2) is 0 Å². The number of aliphatic imine (C=N–C) groups is 1. The van der Waals surface area contributed by atoms with Crippen molar-refractivity contribution in [2.45, 2.75) is 79.9 Å². The van der Waals surface area contributed by atoms with Gasteiger partial charge in [0.1, 0.15) is 6.17 Å². The maximum atomic E-state index is 5.98. The molecule has 1 aliphatic heterocycles. The second-order valence-corrected chi connectivity index (χ2v) is 3.44. The van der Waals surface area contributed by atoms with Crippen molar-refractivity contribution < 1.29 is 0 Å². The molecule has 0 radical (unpaired) electrons. The van der Waals surface area contributed by atoms with Gasteiger partial charge >= 0.3 is 0 Å². The van der Waals surface area contributed by atoms with Crippen LogP contribution in [0.5, 0.6) is 0 Å². The average Bonchev–Trinajstić information content (AvgIpc) is 3.29. The summed E-state index contributed by atoms with van der Waals surface area (Å²) in [7, 11) is 0. The maximum absolute atomic E-state index is 5.98. The second kappa shape index (κ2) is 18.9. The zero-order valence-corrected chi connectivity index (χ0v) is 13.9. The molecule has 0 aromatic rings. The van der Waals surface area contributed by atoms with Crippen molar-refractivity contribution in [1.82, 2.24) is 4.90 Å². The summed E-state index contributed by atoms with van der Waals surface area (Å²) in [5.41, 5.74) is 5.98. The van der Waals surface area contributed by atoms with E-state index in [1.807, 2.05) is 41.5 Å². The van der Waals surface area contributed by atoms with E-state index in [1.54, 1.807) is 0 Å². The fourth-order valence-corrected chi connectivity index (χ4v) is 1.43. The van der Waals surface area contributed by atoms with Gasteiger partial charge in [0.25, 0.3) is 0 Å². The Morgan fingerprint density at radius 1 is 1.11 bits per heavy atom. The smallest absolute Gasteiger partial charge is 0.116 e. The second-order valence-electron chi connectivity index (χ2n) is 3.44. The Balaban J connectivity index is -0.000000328. The van der Waals surface area contributed by atoms with E-state index in [9.17, 15) is 0 Å². The lowest BCUT2D eigenvalue weighted by molar-refractivity contribution is 0.333. The molecule has 1 saturated heterocycles. The lowest BCUT2D eigenvalue weighted by Crippen LogP contribution is -2.38. The van der Waals surface area contributed by atoms with E-state index in [1.165, 1.54) is 12.8 Å². The predicted molar refractivity (Wildman–Crippen MR) is 86.5 cm³/mol. The summed E-state index contributed by atoms with van der Waals surface area (Å²) in [4.78, 5) is 6.31. The largest absolute Gasteiger partial charge is 0.325 e. The highest BCUT2D eigenvalue weighted by atomic mass is 15.4. The van der Waals surface area contributed by atoms with Crippen LogP contribution >= 0.6 is 0 Å². The van der Waals surface area contributed by atoms with Crippen LogP contribution in [0.4, 0.5) is 0 Å². The van der Waals surface area contributed by atoms with E-state index in [2.05, 4.69) is 23.5 Å². The summed E-state index contributed by atoms with van der Waals surface area (Å²) >= 11 is 0. The van der Waals surface area contributed by atoms with Crippen LogP contribution in [-0.2, 0) is 0 Å². The maximum Gasteiger partial charge on any atom is 0.116 e. The Hall–Kier alpha value is -0.410. The van der Waals surface area contributed by atoms with E-state index >= 15 is 0 Å². The molecule has 2 unspecified atom stereocenters. The molecule has 0 saturated carbocycles. The van der Waals surface area contributed by atoms with Gasteiger partial charge in [-0.1, -0.05) is 61.3 Å². The third-order valence-electron chi connectivity index (χ3n) is 2.32. The molecule has 2 N–H and O–H groups in total. The van der Waals surface area contributed by atoms with Gasteiger partial charge in [-0.15, -0.1) is 0 Å². The van der Waals surface area contributed by atoms with Crippen LogP contribution in [0.1, 0.15) is 67.7 Å². The minimum atomic E-state index is 0.177. The first-order valence-electron chi connectivity index (χ1n) is 7.75. The fourth-order valence-electron chi connectivity index (χ4n) is 1.43. The van der Waals surface area contributed by atoms with Crippen molar-refractivity contribution in [3.8, 4) is 0 Å². The van der Waals surface area contributed by atoms with Gasteiger partial charge in [-0.25, -0.2) is 0 Å². The zero-order chi connectivity index (χ0) is 15.0. The summed E-state index contributed by atoms with van der Waals surface area (Å²) < 4.78 is 0. The summed E-state index contributed by atoms with van der Waals surface area (Å²) in [5, 5.41) is 0. The van der Waals surface area contributed by atoms with E-state index in [0.29, 0.717) is 0 Å². The molecule has 0 aromatic heterocycles. The standard InChI is InChI=1S/C9H19N3.3C2H6/c1-3-4-5-8(10)9(11-2)12-6-7-12;3*1-2/h8-9H,2-7,10H2,1H3;3*1-2H3. The molecule has 112 valence electrons. The highest BCUT2D eigenvalue weighted by Gasteiger charge is 2.30. The third kappa shape index (κ3) is 12.1. The van der Waals surface area contributed by atoms with Gasteiger partial charge in [-0.2, -0.15) is 0 Å². The molecule has 0 aromatic carbocycles. The van der Waals surface area contributed by atoms with Crippen LogP contribution in [-0.4, -0.2) is 36.9 Å². The lowest BCUT2D eigenvalue weighted by atomic mass is 10.1. The molecular formula is C15H37N3. The number of unbranched alkanes of at least 4 members (excludes halogenated alkanes) is 1. The average molecular weight is 259 g/mol. The molecule has 0 spiro atoms. The van der Waals surface area contributed by atoms with Crippen molar-refractivity contribution in [2.24, 2.45) is 10.7 Å². The Morgan fingerprint density at radius 2 is 1.56 bits per heavy atom. The molecule has 0 bridgehead atoms. The summed E-state index contributed by atoms with van der Waals surface area (Å²) in [6.45, 7) is 20.0. The third-order valence-corrected chi connectivity index (χ3v) is 2.32. The highest BCUT2D eigenvalue weighted by Crippen LogP contribution is 2.16. The molecule has 3 heteroatoms. The van der Waals surface area contributed by atoms with Gasteiger partial charge in [-0.3, -0.25) is 9.89 Å². The van der Waals surface area contributed by atoms with Crippen LogP contribution < -0.4 is 5.73 Å². The fraction of sp³-hybridized carbons (Fsp3) is 0.933. The molecule has 1 aliphatic rings. The summed E-state index contributed by atoms with van der Waals surface area (Å²) in [5.74, 6) is 0. The van der Waals surface area contributed by atoms with Crippen LogP contribution in [0.3, 0.4) is 0 Å². The predicted octanol–water partition coefficient (Wildman–Crippen LogP) is 3.92. The van der Waals surface area contributed by atoms with Crippen LogP contribution in [0.25, 0.3) is 0 Å². The molecule has 1 rings (SSSR count). The Morgan fingerprint density at radius 3 is 1.83 bits per heavy atom. The lowest BCUT2D eigenvalue weighted by Gasteiger charge is -2.20. The Kier molecular flexibility index (Phi) is 23.9. The van der Waals surface area contributed by atoms with Gasteiger partial charge in [0.2, 0.25) is 0 Å². The molecule has 0 amide bonds. The van der Waals surface area contributed by atoms with Gasteiger partial charge in [0, 0.05) is 19.1 Å². The van der Waals surface area contributed by atoms with Crippen molar-refractivity contribution in [3.63, 3.8) is 0 Å². The number of rotatable bonds is 6. The highest BCUT2D eigenvalue weighted by molar-refractivity contribution is 5.24. The van der Waals surface area contributed by atoms with Crippen molar-refractivity contribution >= 4 is 6.72 Å². The molecule has 1 fully saturated rings. The first-order valence-corrected chi connectivity index (χ1v) is 7.75. The van der Waals surface area contributed by atoms with E-state index in [4.69, 9.17) is 5.73 Å². The number of nitrogens with zero attached hydrogens (tertiary/aromatic N) is 2. The molecule has 0 aliphatic carbocycles. The number of nitrogens with two attached hydrogens (primary N) is 1. The normalized spacial score (nSPS) is 15.6. The van der Waals surface area contributed by atoms with Gasteiger partial charge in [-0.05, 0) is 13.1 Å². The Bertz CT molecular complexity index is 145. The molecule has 3 nitrogen and oxygen atoms in total. The van der Waals surface area contributed by atoms with Crippen molar-refractivity contribution in [3.05, 3.63) is 0 Å². The molecule has 1 heterocycles. The minimum Gasteiger partial charge on any atom is -0.325 e. The van der Waals surface area contributed by atoms with Gasteiger partial charge in [0.05, 0.1) is 0 Å². The first kappa shape index (κ1) is 22.7. The molecular weight excluding hydrogens is 222 g/mol. The van der Waals surface area contributed by atoms with Crippen LogP contribution in [0, 0.1) is 0 Å². The van der Waals surface area contributed by atoms with Gasteiger partial charge < -0.3 is 5.73 Å². The number of hydrogen-bond acceptors (Lipinski definition) is 3. The summed E-state index contributed by atoms with van der Waals surface area (Å²) in [6.07, 6.45) is 3.64. The van der Waals surface area contributed by atoms with Crippen LogP contribution in [0.2, 0.25) is 0 Å². The van der Waals surface area contributed by atoms with Crippen molar-refractivity contribution in [1.29, 1.82) is 0 Å². The number of hydrogen-bond donors (Lipinski definition) is 1. The topological polar surface area (TPSA) is 41.4 Å². The van der Waals surface area contributed by atoms with Crippen LogP contribution in [0.15, 0.2) is 4.99 Å². The monoisotopic (exact) mass is 259 g/mol. The molecule has 2 atom stereocenters. The SMILES string of the molecule is C=NC(C(N)CCCC)N1CC1.CC.CC.CC. The minimum absolute atomic E-state index is 0.177. The summed E-state index contributed by atoms with van der Waals surface area (Å²) in [6, 6.07) is 0.185. The van der Waals surface area contributed by atoms with Crippen molar-refractivity contribution in [2.75, 3.05) is 13.1 Å². The van der Waals surface area contributed by atoms with E-state index in [-0.39, 0.29) is 12.2 Å². The zero-order valence-electron chi connectivity index (χ0n) is 13.9. The first-order chi connectivity index (χ1) is 8.79. The van der Waals surface area contributed by atoms with E-state index in [0.717, 1.165) is 19.5 Å². The quantitative estimate of drug-likeness (QED) is 0.580.